The summed E-state index contributed by atoms with van der Waals surface area (Å²) in [5.74, 6) is 0.0813. The molecule has 0 unspecified atom stereocenters. The van der Waals surface area contributed by atoms with Crippen molar-refractivity contribution in [1.82, 2.24) is 0 Å². The Morgan fingerprint density at radius 3 is 2.33 bits per heavy atom. The zero-order chi connectivity index (χ0) is 13.8. The first-order chi connectivity index (χ1) is 8.28. The summed E-state index contributed by atoms with van der Waals surface area (Å²) in [6.45, 7) is 7.29. The molecule has 0 spiro atoms. The smallest absolute Gasteiger partial charge is 0.316 e. The largest absolute Gasteiger partial charge is 0.459 e. The van der Waals surface area contributed by atoms with Crippen LogP contribution in [-0.2, 0) is 9.53 Å². The predicted molar refractivity (Wildman–Crippen MR) is 73.6 cm³/mol. The molecule has 0 heterocycles. The van der Waals surface area contributed by atoms with Gasteiger partial charge in [0.25, 0.3) is 0 Å². The Kier molecular flexibility index (Phi) is 5.23. The molecule has 0 radical (unpaired) electrons. The highest BCUT2D eigenvalue weighted by atomic mass is 32.2. The normalized spacial score (nSPS) is 13.2. The Morgan fingerprint density at radius 1 is 1.33 bits per heavy atom. The van der Waals surface area contributed by atoms with Gasteiger partial charge < -0.3 is 9.84 Å². The van der Waals surface area contributed by atoms with Crippen LogP contribution in [0.2, 0.25) is 0 Å². The maximum Gasteiger partial charge on any atom is 0.316 e. The third kappa shape index (κ3) is 5.56. The van der Waals surface area contributed by atoms with Crippen LogP contribution < -0.4 is 0 Å². The van der Waals surface area contributed by atoms with Gasteiger partial charge in [-0.05, 0) is 45.4 Å². The summed E-state index contributed by atoms with van der Waals surface area (Å²) >= 11 is 1.43. The molecule has 100 valence electrons. The number of thioether (sulfide) groups is 1. The third-order valence-corrected chi connectivity index (χ3v) is 3.12. The van der Waals surface area contributed by atoms with Crippen molar-refractivity contribution in [2.45, 2.75) is 44.3 Å². The Hall–Kier alpha value is -1.00. The van der Waals surface area contributed by atoms with Gasteiger partial charge in [0, 0.05) is 4.90 Å². The molecule has 0 saturated carbocycles. The van der Waals surface area contributed by atoms with Gasteiger partial charge >= 0.3 is 5.97 Å². The molecule has 0 aliphatic heterocycles. The second-order valence-corrected chi connectivity index (χ2v) is 6.17. The number of rotatable bonds is 4. The molecular weight excluding hydrogens is 248 g/mol. The van der Waals surface area contributed by atoms with Crippen molar-refractivity contribution in [2.75, 3.05) is 5.75 Å². The summed E-state index contributed by atoms with van der Waals surface area (Å²) in [5, 5.41) is 9.38. The van der Waals surface area contributed by atoms with E-state index in [-0.39, 0.29) is 5.97 Å². The van der Waals surface area contributed by atoms with Gasteiger partial charge in [-0.2, -0.15) is 0 Å². The topological polar surface area (TPSA) is 46.5 Å². The molecule has 3 nitrogen and oxygen atoms in total. The molecule has 0 amide bonds. The summed E-state index contributed by atoms with van der Waals surface area (Å²) in [5.41, 5.74) is 0.435. The zero-order valence-corrected chi connectivity index (χ0v) is 12.1. The summed E-state index contributed by atoms with van der Waals surface area (Å²) in [6.07, 6.45) is -0.463. The van der Waals surface area contributed by atoms with Crippen molar-refractivity contribution in [3.63, 3.8) is 0 Å². The van der Waals surface area contributed by atoms with E-state index in [4.69, 9.17) is 4.74 Å². The lowest BCUT2D eigenvalue weighted by Gasteiger charge is -2.19. The van der Waals surface area contributed by atoms with Crippen molar-refractivity contribution in [2.24, 2.45) is 0 Å². The lowest BCUT2D eigenvalue weighted by atomic mass is 10.1. The van der Waals surface area contributed by atoms with Gasteiger partial charge in [-0.3, -0.25) is 4.79 Å². The standard InChI is InChI=1S/C14H20O3S/c1-10(15)11-5-7-12(8-6-11)18-9-13(16)17-14(2,3)4/h5-8,10,15H,9H2,1-4H3/t10-/m1/s1. The van der Waals surface area contributed by atoms with Crippen molar-refractivity contribution in [3.05, 3.63) is 29.8 Å². The number of carbonyl (C=O) groups excluding carboxylic acids is 1. The Bertz CT molecular complexity index is 390. The molecule has 0 aliphatic carbocycles. The van der Waals surface area contributed by atoms with Crippen LogP contribution in [0, 0.1) is 0 Å². The van der Waals surface area contributed by atoms with Crippen LogP contribution in [-0.4, -0.2) is 22.4 Å². The molecule has 0 bridgehead atoms. The number of hydrogen-bond acceptors (Lipinski definition) is 4. The number of aliphatic hydroxyl groups is 1. The molecular formula is C14H20O3S. The Balaban J connectivity index is 2.46. The van der Waals surface area contributed by atoms with Gasteiger partial charge in [-0.15, -0.1) is 11.8 Å². The maximum absolute atomic E-state index is 11.5. The van der Waals surface area contributed by atoms with E-state index in [0.717, 1.165) is 10.5 Å². The van der Waals surface area contributed by atoms with E-state index >= 15 is 0 Å². The molecule has 1 rings (SSSR count). The third-order valence-electron chi connectivity index (χ3n) is 2.14. The van der Waals surface area contributed by atoms with Crippen LogP contribution in [0.15, 0.2) is 29.2 Å². The van der Waals surface area contributed by atoms with Gasteiger partial charge in [0.1, 0.15) is 5.60 Å². The van der Waals surface area contributed by atoms with Crippen molar-refractivity contribution in [1.29, 1.82) is 0 Å². The summed E-state index contributed by atoms with van der Waals surface area (Å²) in [6, 6.07) is 7.53. The zero-order valence-electron chi connectivity index (χ0n) is 11.3. The highest BCUT2D eigenvalue weighted by Crippen LogP contribution is 2.21. The highest BCUT2D eigenvalue weighted by molar-refractivity contribution is 8.00. The minimum Gasteiger partial charge on any atom is -0.459 e. The van der Waals surface area contributed by atoms with Crippen LogP contribution in [0.5, 0.6) is 0 Å². The average molecular weight is 268 g/mol. The van der Waals surface area contributed by atoms with Crippen LogP contribution >= 0.6 is 11.8 Å². The van der Waals surface area contributed by atoms with Crippen LogP contribution in [0.25, 0.3) is 0 Å². The number of esters is 1. The number of benzene rings is 1. The van der Waals surface area contributed by atoms with Crippen LogP contribution in [0.3, 0.4) is 0 Å². The van der Waals surface area contributed by atoms with Crippen molar-refractivity contribution >= 4 is 17.7 Å². The average Bonchev–Trinajstić information content (AvgIpc) is 2.24. The highest BCUT2D eigenvalue weighted by Gasteiger charge is 2.16. The fourth-order valence-corrected chi connectivity index (χ4v) is 2.03. The van der Waals surface area contributed by atoms with Gasteiger partial charge in [0.05, 0.1) is 11.9 Å². The van der Waals surface area contributed by atoms with Gasteiger partial charge in [-0.1, -0.05) is 12.1 Å². The van der Waals surface area contributed by atoms with E-state index in [0.29, 0.717) is 5.75 Å². The lowest BCUT2D eigenvalue weighted by molar-refractivity contribution is -0.151. The molecule has 1 N–H and O–H groups in total. The SMILES string of the molecule is C[C@@H](O)c1ccc(SCC(=O)OC(C)(C)C)cc1. The molecule has 1 atom stereocenters. The molecule has 4 heteroatoms. The molecule has 18 heavy (non-hydrogen) atoms. The fraction of sp³-hybridized carbons (Fsp3) is 0.500. The molecule has 0 aromatic heterocycles. The number of ether oxygens (including phenoxy) is 1. The molecule has 1 aromatic rings. The minimum atomic E-state index is -0.463. The first-order valence-corrected chi connectivity index (χ1v) is 6.89. The van der Waals surface area contributed by atoms with Crippen molar-refractivity contribution in [3.8, 4) is 0 Å². The summed E-state index contributed by atoms with van der Waals surface area (Å²) < 4.78 is 5.22. The lowest BCUT2D eigenvalue weighted by Crippen LogP contribution is -2.24. The first-order valence-electron chi connectivity index (χ1n) is 5.90. The van der Waals surface area contributed by atoms with Crippen molar-refractivity contribution < 1.29 is 14.6 Å². The number of hydrogen-bond donors (Lipinski definition) is 1. The summed E-state index contributed by atoms with van der Waals surface area (Å²) in [7, 11) is 0. The second-order valence-electron chi connectivity index (χ2n) is 5.12. The van der Waals surface area contributed by atoms with E-state index in [1.54, 1.807) is 6.92 Å². The van der Waals surface area contributed by atoms with E-state index < -0.39 is 11.7 Å². The minimum absolute atomic E-state index is 0.216. The Morgan fingerprint density at radius 2 is 1.89 bits per heavy atom. The molecule has 0 saturated heterocycles. The first kappa shape index (κ1) is 15.1. The van der Waals surface area contributed by atoms with E-state index in [1.165, 1.54) is 11.8 Å². The van der Waals surface area contributed by atoms with Gasteiger partial charge in [0.15, 0.2) is 0 Å². The van der Waals surface area contributed by atoms with Gasteiger partial charge in [0.2, 0.25) is 0 Å². The summed E-state index contributed by atoms with van der Waals surface area (Å²) in [4.78, 5) is 12.5. The number of carbonyl (C=O) groups is 1. The van der Waals surface area contributed by atoms with Crippen LogP contribution in [0.1, 0.15) is 39.4 Å². The maximum atomic E-state index is 11.5. The van der Waals surface area contributed by atoms with E-state index in [2.05, 4.69) is 0 Å². The fourth-order valence-electron chi connectivity index (χ4n) is 1.36. The van der Waals surface area contributed by atoms with E-state index in [9.17, 15) is 9.90 Å². The van der Waals surface area contributed by atoms with E-state index in [1.807, 2.05) is 45.0 Å². The Labute approximate surface area is 113 Å². The second kappa shape index (κ2) is 6.25. The predicted octanol–water partition coefficient (Wildman–Crippen LogP) is 3.17. The number of aliphatic hydroxyl groups excluding tert-OH is 1. The monoisotopic (exact) mass is 268 g/mol. The van der Waals surface area contributed by atoms with Gasteiger partial charge in [-0.25, -0.2) is 0 Å². The quantitative estimate of drug-likeness (QED) is 0.673. The molecule has 1 aromatic carbocycles. The van der Waals surface area contributed by atoms with Crippen LogP contribution in [0.4, 0.5) is 0 Å². The molecule has 0 aliphatic rings. The molecule has 0 fully saturated rings.